The first kappa shape index (κ1) is 17.2. The van der Waals surface area contributed by atoms with Crippen LogP contribution in [0.5, 0.6) is 0 Å². The van der Waals surface area contributed by atoms with Crippen molar-refractivity contribution < 1.29 is 21.9 Å². The normalized spacial score (nSPS) is 20.1. The molecule has 1 saturated heterocycles. The Kier molecular flexibility index (Phi) is 4.84. The highest BCUT2D eigenvalue weighted by Crippen LogP contribution is 2.31. The maximum Gasteiger partial charge on any atom is 0.177 e. The van der Waals surface area contributed by atoms with Crippen molar-refractivity contribution in [3.05, 3.63) is 18.2 Å². The first-order valence-corrected chi connectivity index (χ1v) is 10.8. The molecule has 0 amide bonds. The summed E-state index contributed by atoms with van der Waals surface area (Å²) >= 11 is 0. The van der Waals surface area contributed by atoms with E-state index in [0.717, 1.165) is 25.4 Å². The van der Waals surface area contributed by atoms with Crippen molar-refractivity contribution in [1.82, 2.24) is 0 Å². The van der Waals surface area contributed by atoms with Crippen LogP contribution in [0.25, 0.3) is 0 Å². The van der Waals surface area contributed by atoms with Crippen molar-refractivity contribution in [3.8, 4) is 0 Å². The van der Waals surface area contributed by atoms with Gasteiger partial charge in [-0.05, 0) is 37.0 Å². The Balaban J connectivity index is 2.52. The largest absolute Gasteiger partial charge is 0.396 e. The van der Waals surface area contributed by atoms with Crippen LogP contribution in [0.15, 0.2) is 28.0 Å². The lowest BCUT2D eigenvalue weighted by Crippen LogP contribution is -2.37. The van der Waals surface area contributed by atoms with Crippen molar-refractivity contribution in [1.29, 1.82) is 0 Å². The lowest BCUT2D eigenvalue weighted by Gasteiger charge is -2.34. The van der Waals surface area contributed by atoms with Gasteiger partial charge in [0.25, 0.3) is 0 Å². The lowest BCUT2D eigenvalue weighted by molar-refractivity contribution is 0.208. The molecule has 1 aromatic carbocycles. The van der Waals surface area contributed by atoms with Gasteiger partial charge in [-0.2, -0.15) is 0 Å². The molecule has 1 atom stereocenters. The van der Waals surface area contributed by atoms with E-state index in [0.29, 0.717) is 18.8 Å². The first-order valence-electron chi connectivity index (χ1n) is 7.03. The third-order valence-corrected chi connectivity index (χ3v) is 6.11. The minimum absolute atomic E-state index is 0.00704. The Hall–Kier alpha value is -1.12. The smallest absolute Gasteiger partial charge is 0.177 e. The van der Waals surface area contributed by atoms with Gasteiger partial charge in [0.2, 0.25) is 0 Å². The van der Waals surface area contributed by atoms with E-state index in [2.05, 4.69) is 0 Å². The highest BCUT2D eigenvalue weighted by molar-refractivity contribution is 7.91. The fourth-order valence-corrected chi connectivity index (χ4v) is 4.36. The molecule has 2 rings (SSSR count). The van der Waals surface area contributed by atoms with Crippen LogP contribution >= 0.6 is 0 Å². The number of anilines is 1. The minimum Gasteiger partial charge on any atom is -0.396 e. The molecule has 1 aromatic rings. The number of hydrogen-bond acceptors (Lipinski definition) is 6. The van der Waals surface area contributed by atoms with Crippen LogP contribution in [0.2, 0.25) is 0 Å². The van der Waals surface area contributed by atoms with Crippen LogP contribution in [0, 0.1) is 5.92 Å². The number of benzene rings is 1. The summed E-state index contributed by atoms with van der Waals surface area (Å²) in [5, 5.41) is 9.31. The Labute approximate surface area is 131 Å². The molecule has 0 spiro atoms. The predicted octanol–water partition coefficient (Wildman–Crippen LogP) is 0.702. The molecule has 8 heteroatoms. The molecular formula is C14H21NO5S2. The van der Waals surface area contributed by atoms with Gasteiger partial charge in [-0.3, -0.25) is 0 Å². The Morgan fingerprint density at radius 1 is 1.18 bits per heavy atom. The van der Waals surface area contributed by atoms with E-state index < -0.39 is 19.7 Å². The molecule has 0 aromatic heterocycles. The van der Waals surface area contributed by atoms with Crippen molar-refractivity contribution in [3.63, 3.8) is 0 Å². The quantitative estimate of drug-likeness (QED) is 0.862. The van der Waals surface area contributed by atoms with E-state index in [1.54, 1.807) is 6.07 Å². The number of aliphatic hydroxyl groups excluding tert-OH is 1. The molecule has 1 fully saturated rings. The average molecular weight is 347 g/mol. The molecule has 1 heterocycles. The Morgan fingerprint density at radius 3 is 2.41 bits per heavy atom. The summed E-state index contributed by atoms with van der Waals surface area (Å²) in [6.45, 7) is 1.32. The number of aliphatic hydroxyl groups is 1. The van der Waals surface area contributed by atoms with Gasteiger partial charge in [0.1, 0.15) is 0 Å². The zero-order valence-electron chi connectivity index (χ0n) is 12.7. The molecule has 6 nitrogen and oxygen atoms in total. The number of piperidine rings is 1. The maximum absolute atomic E-state index is 12.1. The van der Waals surface area contributed by atoms with Crippen molar-refractivity contribution >= 4 is 25.4 Å². The first-order chi connectivity index (χ1) is 10.1. The topological polar surface area (TPSA) is 91.8 Å². The van der Waals surface area contributed by atoms with Gasteiger partial charge in [0, 0.05) is 32.2 Å². The summed E-state index contributed by atoms with van der Waals surface area (Å²) in [5.41, 5.74) is 0.507. The third-order valence-electron chi connectivity index (χ3n) is 3.88. The maximum atomic E-state index is 12.1. The Morgan fingerprint density at radius 2 is 1.86 bits per heavy atom. The number of sulfone groups is 2. The summed E-state index contributed by atoms with van der Waals surface area (Å²) in [4.78, 5) is 1.92. The van der Waals surface area contributed by atoms with Gasteiger partial charge in [0.15, 0.2) is 19.7 Å². The third kappa shape index (κ3) is 3.80. The van der Waals surface area contributed by atoms with Crippen LogP contribution in [0.4, 0.5) is 5.69 Å². The van der Waals surface area contributed by atoms with E-state index in [4.69, 9.17) is 0 Å². The monoisotopic (exact) mass is 347 g/mol. The average Bonchev–Trinajstić information content (AvgIpc) is 2.45. The van der Waals surface area contributed by atoms with Crippen LogP contribution in [0.3, 0.4) is 0 Å². The van der Waals surface area contributed by atoms with E-state index >= 15 is 0 Å². The SMILES string of the molecule is CS(=O)(=O)c1ccc(N2CCC[C@@H](CO)C2)c(S(C)(=O)=O)c1. The van der Waals surface area contributed by atoms with Gasteiger partial charge in [-0.25, -0.2) is 16.8 Å². The number of hydrogen-bond donors (Lipinski definition) is 1. The second-order valence-corrected chi connectivity index (χ2v) is 9.81. The number of nitrogens with zero attached hydrogens (tertiary/aromatic N) is 1. The van der Waals surface area contributed by atoms with E-state index in [1.807, 2.05) is 4.90 Å². The van der Waals surface area contributed by atoms with Gasteiger partial charge in [-0.1, -0.05) is 0 Å². The lowest BCUT2D eigenvalue weighted by atomic mass is 9.98. The second kappa shape index (κ2) is 6.17. The van der Waals surface area contributed by atoms with Crippen LogP contribution in [-0.4, -0.2) is 54.2 Å². The fraction of sp³-hybridized carbons (Fsp3) is 0.571. The molecule has 0 aliphatic carbocycles. The summed E-state index contributed by atoms with van der Waals surface area (Å²) in [5.74, 6) is 0.107. The predicted molar refractivity (Wildman–Crippen MR) is 84.7 cm³/mol. The second-order valence-electron chi connectivity index (χ2n) is 5.81. The van der Waals surface area contributed by atoms with Gasteiger partial charge >= 0.3 is 0 Å². The number of rotatable bonds is 4. The standard InChI is InChI=1S/C14H21NO5S2/c1-21(17,18)12-5-6-13(14(8-12)22(2,19)20)15-7-3-4-11(9-15)10-16/h5-6,8,11,16H,3-4,7,9-10H2,1-2H3/t11-/m1/s1. The van der Waals surface area contributed by atoms with Crippen LogP contribution in [0.1, 0.15) is 12.8 Å². The van der Waals surface area contributed by atoms with Crippen molar-refractivity contribution in [2.24, 2.45) is 5.92 Å². The molecule has 1 aliphatic rings. The van der Waals surface area contributed by atoms with Gasteiger partial charge in [-0.15, -0.1) is 0 Å². The highest BCUT2D eigenvalue weighted by Gasteiger charge is 2.25. The molecule has 0 radical (unpaired) electrons. The molecule has 0 saturated carbocycles. The fourth-order valence-electron chi connectivity index (χ4n) is 2.72. The zero-order valence-corrected chi connectivity index (χ0v) is 14.3. The molecule has 22 heavy (non-hydrogen) atoms. The van der Waals surface area contributed by atoms with Crippen LogP contribution in [-0.2, 0) is 19.7 Å². The molecule has 0 unspecified atom stereocenters. The van der Waals surface area contributed by atoms with E-state index in [-0.39, 0.29) is 22.3 Å². The van der Waals surface area contributed by atoms with Crippen LogP contribution < -0.4 is 4.90 Å². The van der Waals surface area contributed by atoms with Gasteiger partial charge < -0.3 is 10.0 Å². The van der Waals surface area contributed by atoms with Crippen molar-refractivity contribution in [2.45, 2.75) is 22.6 Å². The van der Waals surface area contributed by atoms with Gasteiger partial charge in [0.05, 0.1) is 15.5 Å². The molecular weight excluding hydrogens is 326 g/mol. The van der Waals surface area contributed by atoms with E-state index in [9.17, 15) is 21.9 Å². The molecule has 1 aliphatic heterocycles. The highest BCUT2D eigenvalue weighted by atomic mass is 32.2. The zero-order chi connectivity index (χ0) is 16.5. The summed E-state index contributed by atoms with van der Waals surface area (Å²) in [7, 11) is -7.03. The molecule has 1 N–H and O–H groups in total. The summed E-state index contributed by atoms with van der Waals surface area (Å²) in [6, 6.07) is 4.21. The minimum atomic E-state index is -3.56. The summed E-state index contributed by atoms with van der Waals surface area (Å²) < 4.78 is 47.4. The molecule has 124 valence electrons. The molecule has 0 bridgehead atoms. The van der Waals surface area contributed by atoms with E-state index in [1.165, 1.54) is 12.1 Å². The van der Waals surface area contributed by atoms with Crippen molar-refractivity contribution in [2.75, 3.05) is 37.1 Å². The summed E-state index contributed by atoms with van der Waals surface area (Å²) in [6.07, 6.45) is 3.90. The Bertz CT molecular complexity index is 755.